The second kappa shape index (κ2) is 5.92. The minimum Gasteiger partial charge on any atom is -0.493 e. The number of aromatic nitrogens is 2. The number of benzene rings is 1. The van der Waals surface area contributed by atoms with Crippen molar-refractivity contribution in [3.8, 4) is 17.2 Å². The van der Waals surface area contributed by atoms with E-state index in [-0.39, 0.29) is 16.1 Å². The van der Waals surface area contributed by atoms with Gasteiger partial charge in [0.25, 0.3) is 0 Å². The average Bonchev–Trinajstić information content (AvgIpc) is 2.46. The van der Waals surface area contributed by atoms with Gasteiger partial charge >= 0.3 is 0 Å². The van der Waals surface area contributed by atoms with Gasteiger partial charge < -0.3 is 15.2 Å². The molecule has 0 saturated heterocycles. The molecule has 1 aromatic carbocycles. The first-order valence-electron chi connectivity index (χ1n) is 6.11. The second-order valence-electron chi connectivity index (χ2n) is 4.31. The Morgan fingerprint density at radius 2 is 1.90 bits per heavy atom. The minimum atomic E-state index is -0.295. The Kier molecular flexibility index (Phi) is 4.23. The summed E-state index contributed by atoms with van der Waals surface area (Å²) in [7, 11) is 3.11. The predicted octanol–water partition coefficient (Wildman–Crippen LogP) is 1.19. The highest BCUT2D eigenvalue weighted by molar-refractivity contribution is 7.80. The molecule has 2 N–H and O–H groups in total. The molecule has 1 aromatic heterocycles. The van der Waals surface area contributed by atoms with Crippen LogP contribution in [-0.4, -0.2) is 29.0 Å². The Balaban J connectivity index is 2.64. The summed E-state index contributed by atoms with van der Waals surface area (Å²) in [5.74, 6) is 1.17. The maximum Gasteiger partial charge on any atom is 0.210 e. The van der Waals surface area contributed by atoms with Crippen LogP contribution in [0, 0.1) is 6.92 Å². The zero-order chi connectivity index (χ0) is 15.6. The third-order valence-corrected chi connectivity index (χ3v) is 3.15. The highest BCUT2D eigenvalue weighted by Gasteiger charge is 2.12. The van der Waals surface area contributed by atoms with Crippen molar-refractivity contribution >= 4 is 17.2 Å². The van der Waals surface area contributed by atoms with E-state index in [1.165, 1.54) is 6.07 Å². The van der Waals surface area contributed by atoms with Crippen LogP contribution in [0.15, 0.2) is 29.1 Å². The number of methoxy groups -OCH3 is 2. The van der Waals surface area contributed by atoms with Crippen molar-refractivity contribution < 1.29 is 9.47 Å². The second-order valence-corrected chi connectivity index (χ2v) is 4.75. The third kappa shape index (κ3) is 2.87. The summed E-state index contributed by atoms with van der Waals surface area (Å²) in [6.45, 7) is 1.77. The minimum absolute atomic E-state index is 0.0331. The Morgan fingerprint density at radius 3 is 2.48 bits per heavy atom. The van der Waals surface area contributed by atoms with Crippen molar-refractivity contribution in [2.75, 3.05) is 14.2 Å². The van der Waals surface area contributed by atoms with Gasteiger partial charge in [0.1, 0.15) is 4.99 Å². The van der Waals surface area contributed by atoms with Crippen molar-refractivity contribution in [1.82, 2.24) is 9.78 Å². The van der Waals surface area contributed by atoms with E-state index in [4.69, 9.17) is 27.4 Å². The monoisotopic (exact) mass is 305 g/mol. The first-order valence-corrected chi connectivity index (χ1v) is 6.52. The van der Waals surface area contributed by atoms with Gasteiger partial charge in [0.15, 0.2) is 17.2 Å². The highest BCUT2D eigenvalue weighted by Crippen LogP contribution is 2.29. The number of hydrogen-bond donors (Lipinski definition) is 1. The molecular formula is C14H15N3O3S. The van der Waals surface area contributed by atoms with Gasteiger partial charge in [0.2, 0.25) is 5.43 Å². The van der Waals surface area contributed by atoms with Gasteiger partial charge in [0, 0.05) is 17.8 Å². The average molecular weight is 305 g/mol. The Labute approximate surface area is 127 Å². The molecule has 0 fully saturated rings. The van der Waals surface area contributed by atoms with Crippen LogP contribution < -0.4 is 20.6 Å². The first kappa shape index (κ1) is 15.0. The molecule has 0 saturated carbocycles. The molecule has 21 heavy (non-hydrogen) atoms. The lowest BCUT2D eigenvalue weighted by atomic mass is 10.2. The first-order chi connectivity index (χ1) is 9.97. The SMILES string of the molecule is COc1ccc(-n2nc(C(N)=S)c(=O)cc2C)cc1OC. The van der Waals surface area contributed by atoms with Crippen LogP contribution in [-0.2, 0) is 0 Å². The van der Waals surface area contributed by atoms with Crippen LogP contribution in [0.25, 0.3) is 5.69 Å². The van der Waals surface area contributed by atoms with Crippen molar-refractivity contribution in [3.05, 3.63) is 45.9 Å². The lowest BCUT2D eigenvalue weighted by molar-refractivity contribution is 0.354. The molecule has 7 heteroatoms. The number of hydrogen-bond acceptors (Lipinski definition) is 5. The lowest BCUT2D eigenvalue weighted by Gasteiger charge is -2.13. The fraction of sp³-hybridized carbons (Fsp3) is 0.214. The summed E-state index contributed by atoms with van der Waals surface area (Å²) >= 11 is 4.85. The van der Waals surface area contributed by atoms with Gasteiger partial charge in [-0.1, -0.05) is 12.2 Å². The summed E-state index contributed by atoms with van der Waals surface area (Å²) in [5, 5.41) is 4.21. The van der Waals surface area contributed by atoms with Crippen LogP contribution >= 0.6 is 12.2 Å². The molecule has 110 valence electrons. The molecule has 1 heterocycles. The van der Waals surface area contributed by atoms with Gasteiger partial charge in [-0.3, -0.25) is 4.79 Å². The molecule has 0 atom stereocenters. The van der Waals surface area contributed by atoms with E-state index < -0.39 is 0 Å². The van der Waals surface area contributed by atoms with E-state index in [1.54, 1.807) is 44.0 Å². The number of nitrogens with zero attached hydrogens (tertiary/aromatic N) is 2. The molecule has 0 aliphatic heterocycles. The van der Waals surface area contributed by atoms with E-state index in [9.17, 15) is 4.79 Å². The molecule has 0 radical (unpaired) electrons. The number of ether oxygens (including phenoxy) is 2. The van der Waals surface area contributed by atoms with Crippen molar-refractivity contribution in [2.45, 2.75) is 6.92 Å². The van der Waals surface area contributed by atoms with Crippen LogP contribution in [0.5, 0.6) is 11.5 Å². The molecule has 0 aliphatic rings. The topological polar surface area (TPSA) is 79.4 Å². The normalized spacial score (nSPS) is 10.2. The summed E-state index contributed by atoms with van der Waals surface area (Å²) in [5.41, 5.74) is 6.66. The fourth-order valence-corrected chi connectivity index (χ4v) is 2.08. The quantitative estimate of drug-likeness (QED) is 0.855. The largest absolute Gasteiger partial charge is 0.493 e. The molecule has 2 aromatic rings. The van der Waals surface area contributed by atoms with E-state index in [2.05, 4.69) is 5.10 Å². The van der Waals surface area contributed by atoms with Crippen molar-refractivity contribution in [1.29, 1.82) is 0 Å². The zero-order valence-corrected chi connectivity index (χ0v) is 12.7. The molecule has 0 unspecified atom stereocenters. The predicted molar refractivity (Wildman–Crippen MR) is 83.6 cm³/mol. The van der Waals surface area contributed by atoms with Crippen molar-refractivity contribution in [2.24, 2.45) is 5.73 Å². The van der Waals surface area contributed by atoms with E-state index in [0.29, 0.717) is 22.9 Å². The van der Waals surface area contributed by atoms with Gasteiger partial charge in [-0.05, 0) is 19.1 Å². The van der Waals surface area contributed by atoms with Crippen LogP contribution in [0.3, 0.4) is 0 Å². The van der Waals surface area contributed by atoms with Crippen molar-refractivity contribution in [3.63, 3.8) is 0 Å². The molecule has 0 spiro atoms. The van der Waals surface area contributed by atoms with Crippen LogP contribution in [0.4, 0.5) is 0 Å². The Morgan fingerprint density at radius 1 is 1.24 bits per heavy atom. The number of nitrogens with two attached hydrogens (primary N) is 1. The van der Waals surface area contributed by atoms with E-state index >= 15 is 0 Å². The summed E-state index contributed by atoms with van der Waals surface area (Å²) < 4.78 is 12.0. The lowest BCUT2D eigenvalue weighted by Crippen LogP contribution is -2.26. The fourth-order valence-electron chi connectivity index (χ4n) is 1.94. The number of rotatable bonds is 4. The van der Waals surface area contributed by atoms with Gasteiger partial charge in [-0.25, -0.2) is 4.68 Å². The standard InChI is InChI=1S/C14H15N3O3S/c1-8-6-10(18)13(14(15)21)16-17(8)9-4-5-11(19-2)12(7-9)20-3/h4-7H,1-3H3,(H2,15,21). The van der Waals surface area contributed by atoms with Gasteiger partial charge in [0.05, 0.1) is 19.9 Å². The summed E-state index contributed by atoms with van der Waals surface area (Å²) in [6, 6.07) is 6.76. The molecule has 2 rings (SSSR count). The van der Waals surface area contributed by atoms with Crippen LogP contribution in [0.2, 0.25) is 0 Å². The van der Waals surface area contributed by atoms with E-state index in [0.717, 1.165) is 0 Å². The van der Waals surface area contributed by atoms with E-state index in [1.807, 2.05) is 0 Å². The smallest absolute Gasteiger partial charge is 0.210 e. The number of thiocarbonyl (C=S) groups is 1. The van der Waals surface area contributed by atoms with Gasteiger partial charge in [-0.2, -0.15) is 5.10 Å². The molecule has 6 nitrogen and oxygen atoms in total. The highest BCUT2D eigenvalue weighted by atomic mass is 32.1. The zero-order valence-electron chi connectivity index (χ0n) is 11.9. The number of aryl methyl sites for hydroxylation is 1. The van der Waals surface area contributed by atoms with Crippen LogP contribution in [0.1, 0.15) is 11.4 Å². The van der Waals surface area contributed by atoms with Gasteiger partial charge in [-0.15, -0.1) is 0 Å². The Hall–Kier alpha value is -2.41. The third-order valence-electron chi connectivity index (χ3n) is 2.95. The summed E-state index contributed by atoms with van der Waals surface area (Å²) in [6.07, 6.45) is 0. The molecular weight excluding hydrogens is 290 g/mol. The maximum atomic E-state index is 11.8. The maximum absolute atomic E-state index is 11.8. The molecule has 0 bridgehead atoms. The Bertz CT molecular complexity index is 756. The molecule has 0 amide bonds. The molecule has 0 aliphatic carbocycles. The summed E-state index contributed by atoms with van der Waals surface area (Å²) in [4.78, 5) is 11.8.